The molecular weight excluding hydrogens is 304 g/mol. The third-order valence-electron chi connectivity index (χ3n) is 4.28. The molecule has 2 heterocycles. The number of hydrogen-bond acceptors (Lipinski definition) is 3. The number of nitrogens with zero attached hydrogens (tertiary/aromatic N) is 2. The number of anilines is 1. The lowest BCUT2D eigenvalue weighted by atomic mass is 10.0. The number of fused-ring (bicyclic) bond motifs is 1. The van der Waals surface area contributed by atoms with Gasteiger partial charge in [0.15, 0.2) is 6.61 Å². The van der Waals surface area contributed by atoms with Gasteiger partial charge in [-0.3, -0.25) is 14.5 Å². The molecule has 6 heteroatoms. The van der Waals surface area contributed by atoms with Crippen molar-refractivity contribution in [3.05, 3.63) is 23.2 Å². The van der Waals surface area contributed by atoms with Crippen LogP contribution in [0.4, 0.5) is 5.69 Å². The van der Waals surface area contributed by atoms with Crippen molar-refractivity contribution >= 4 is 29.1 Å². The van der Waals surface area contributed by atoms with E-state index in [0.29, 0.717) is 16.5 Å². The Morgan fingerprint density at radius 1 is 1.41 bits per heavy atom. The average molecular weight is 323 g/mol. The molecule has 0 unspecified atom stereocenters. The lowest BCUT2D eigenvalue weighted by Crippen LogP contribution is -2.50. The second-order valence-corrected chi connectivity index (χ2v) is 6.25. The van der Waals surface area contributed by atoms with E-state index < -0.39 is 0 Å². The number of likely N-dealkylation sites (tertiary alicyclic amines) is 1. The minimum Gasteiger partial charge on any atom is -0.482 e. The quantitative estimate of drug-likeness (QED) is 0.840. The van der Waals surface area contributed by atoms with Crippen molar-refractivity contribution in [1.82, 2.24) is 4.90 Å². The standard InChI is InChI=1S/C16H19ClN2O3/c1-11-4-2-3-7-18(11)15(20)9-19-13-8-12(17)5-6-14(13)22-10-16(19)21/h5-6,8,11H,2-4,7,9-10H2,1H3/t11-/m1/s1. The van der Waals surface area contributed by atoms with Gasteiger partial charge in [0.1, 0.15) is 12.3 Å². The highest BCUT2D eigenvalue weighted by molar-refractivity contribution is 6.31. The van der Waals surface area contributed by atoms with Gasteiger partial charge in [-0.2, -0.15) is 0 Å². The van der Waals surface area contributed by atoms with Gasteiger partial charge in [0.05, 0.1) is 5.69 Å². The van der Waals surface area contributed by atoms with Crippen LogP contribution in [0.2, 0.25) is 5.02 Å². The lowest BCUT2D eigenvalue weighted by molar-refractivity contribution is -0.134. The molecule has 2 aliphatic heterocycles. The molecule has 3 rings (SSSR count). The summed E-state index contributed by atoms with van der Waals surface area (Å²) < 4.78 is 5.39. The smallest absolute Gasteiger partial charge is 0.265 e. The zero-order valence-electron chi connectivity index (χ0n) is 12.5. The normalized spacial score (nSPS) is 21.4. The van der Waals surface area contributed by atoms with Crippen LogP contribution in [0.15, 0.2) is 18.2 Å². The Morgan fingerprint density at radius 3 is 3.00 bits per heavy atom. The molecule has 1 aromatic carbocycles. The Kier molecular flexibility index (Phi) is 4.25. The summed E-state index contributed by atoms with van der Waals surface area (Å²) >= 11 is 6.01. The number of benzene rings is 1. The summed E-state index contributed by atoms with van der Waals surface area (Å²) in [7, 11) is 0. The summed E-state index contributed by atoms with van der Waals surface area (Å²) in [4.78, 5) is 28.1. The van der Waals surface area contributed by atoms with Crippen LogP contribution in [0.3, 0.4) is 0 Å². The summed E-state index contributed by atoms with van der Waals surface area (Å²) in [5.41, 5.74) is 0.571. The molecule has 1 aromatic rings. The fourth-order valence-corrected chi connectivity index (χ4v) is 3.21. The van der Waals surface area contributed by atoms with Crippen LogP contribution in [0.5, 0.6) is 5.75 Å². The van der Waals surface area contributed by atoms with Crippen LogP contribution in [-0.2, 0) is 9.59 Å². The lowest BCUT2D eigenvalue weighted by Gasteiger charge is -2.36. The maximum Gasteiger partial charge on any atom is 0.265 e. The first-order valence-electron chi connectivity index (χ1n) is 7.58. The van der Waals surface area contributed by atoms with Crippen molar-refractivity contribution in [3.63, 3.8) is 0 Å². The van der Waals surface area contributed by atoms with E-state index in [-0.39, 0.29) is 31.0 Å². The van der Waals surface area contributed by atoms with Gasteiger partial charge in [0, 0.05) is 17.6 Å². The van der Waals surface area contributed by atoms with E-state index in [9.17, 15) is 9.59 Å². The highest BCUT2D eigenvalue weighted by atomic mass is 35.5. The maximum atomic E-state index is 12.6. The number of halogens is 1. The zero-order valence-corrected chi connectivity index (χ0v) is 13.3. The maximum absolute atomic E-state index is 12.6. The Bertz CT molecular complexity index is 605. The SMILES string of the molecule is C[C@@H]1CCCCN1C(=O)CN1C(=O)COc2ccc(Cl)cc21. The van der Waals surface area contributed by atoms with Gasteiger partial charge in [-0.15, -0.1) is 0 Å². The Morgan fingerprint density at radius 2 is 2.23 bits per heavy atom. The number of ether oxygens (including phenoxy) is 1. The second kappa shape index (κ2) is 6.16. The van der Waals surface area contributed by atoms with E-state index in [1.54, 1.807) is 18.2 Å². The van der Waals surface area contributed by atoms with E-state index >= 15 is 0 Å². The van der Waals surface area contributed by atoms with Crippen LogP contribution in [-0.4, -0.2) is 42.5 Å². The molecule has 118 valence electrons. The molecule has 2 amide bonds. The molecule has 0 saturated carbocycles. The molecule has 0 aromatic heterocycles. The van der Waals surface area contributed by atoms with Crippen LogP contribution in [0.25, 0.3) is 0 Å². The van der Waals surface area contributed by atoms with E-state index in [1.807, 2.05) is 4.90 Å². The highest BCUT2D eigenvalue weighted by Crippen LogP contribution is 2.34. The molecule has 2 aliphatic rings. The molecule has 0 bridgehead atoms. The molecule has 1 fully saturated rings. The average Bonchev–Trinajstić information content (AvgIpc) is 2.50. The van der Waals surface area contributed by atoms with Gasteiger partial charge in [-0.25, -0.2) is 0 Å². The van der Waals surface area contributed by atoms with E-state index in [4.69, 9.17) is 16.3 Å². The monoisotopic (exact) mass is 322 g/mol. The van der Waals surface area contributed by atoms with Crippen molar-refractivity contribution in [1.29, 1.82) is 0 Å². The van der Waals surface area contributed by atoms with E-state index in [1.165, 1.54) is 4.90 Å². The highest BCUT2D eigenvalue weighted by Gasteiger charge is 2.31. The van der Waals surface area contributed by atoms with Gasteiger partial charge in [0.25, 0.3) is 5.91 Å². The van der Waals surface area contributed by atoms with Crippen molar-refractivity contribution in [3.8, 4) is 5.75 Å². The van der Waals surface area contributed by atoms with Crippen molar-refractivity contribution < 1.29 is 14.3 Å². The zero-order chi connectivity index (χ0) is 15.7. The Hall–Kier alpha value is -1.75. The van der Waals surface area contributed by atoms with Crippen molar-refractivity contribution in [2.24, 2.45) is 0 Å². The third-order valence-corrected chi connectivity index (χ3v) is 4.52. The minimum atomic E-state index is -0.215. The molecule has 22 heavy (non-hydrogen) atoms. The first-order chi connectivity index (χ1) is 10.6. The Labute approximate surface area is 134 Å². The van der Waals surface area contributed by atoms with Gasteiger partial charge >= 0.3 is 0 Å². The molecule has 0 spiro atoms. The van der Waals surface area contributed by atoms with Crippen LogP contribution in [0, 0.1) is 0 Å². The third kappa shape index (κ3) is 2.90. The van der Waals surface area contributed by atoms with E-state index in [2.05, 4.69) is 6.92 Å². The fraction of sp³-hybridized carbons (Fsp3) is 0.500. The summed E-state index contributed by atoms with van der Waals surface area (Å²) in [6, 6.07) is 5.34. The van der Waals surface area contributed by atoms with Crippen LogP contribution >= 0.6 is 11.6 Å². The second-order valence-electron chi connectivity index (χ2n) is 5.81. The molecule has 0 radical (unpaired) electrons. The van der Waals surface area contributed by atoms with Crippen molar-refractivity contribution in [2.75, 3.05) is 24.6 Å². The first-order valence-corrected chi connectivity index (χ1v) is 7.96. The summed E-state index contributed by atoms with van der Waals surface area (Å²) in [5, 5.41) is 0.515. The summed E-state index contributed by atoms with van der Waals surface area (Å²) in [6.45, 7) is 2.82. The first kappa shape index (κ1) is 15.2. The van der Waals surface area contributed by atoms with Crippen LogP contribution < -0.4 is 9.64 Å². The van der Waals surface area contributed by atoms with Gasteiger partial charge < -0.3 is 9.64 Å². The van der Waals surface area contributed by atoms with Gasteiger partial charge in [-0.05, 0) is 44.4 Å². The minimum absolute atomic E-state index is 0.0200. The fourth-order valence-electron chi connectivity index (χ4n) is 3.04. The summed E-state index contributed by atoms with van der Waals surface area (Å²) in [5.74, 6) is 0.352. The van der Waals surface area contributed by atoms with Crippen LogP contribution in [0.1, 0.15) is 26.2 Å². The van der Waals surface area contributed by atoms with Gasteiger partial charge in [0.2, 0.25) is 5.91 Å². The molecule has 5 nitrogen and oxygen atoms in total. The van der Waals surface area contributed by atoms with E-state index in [0.717, 1.165) is 25.8 Å². The molecular formula is C16H19ClN2O3. The molecule has 1 saturated heterocycles. The largest absolute Gasteiger partial charge is 0.482 e. The van der Waals surface area contributed by atoms with Crippen molar-refractivity contribution in [2.45, 2.75) is 32.2 Å². The summed E-state index contributed by atoms with van der Waals surface area (Å²) in [6.07, 6.45) is 3.20. The number of amides is 2. The predicted octanol–water partition coefficient (Wildman–Crippen LogP) is 2.47. The number of piperidine rings is 1. The predicted molar refractivity (Wildman–Crippen MR) is 84.3 cm³/mol. The molecule has 0 N–H and O–H groups in total. The molecule has 1 atom stereocenters. The number of hydrogen-bond donors (Lipinski definition) is 0. The van der Waals surface area contributed by atoms with Gasteiger partial charge in [-0.1, -0.05) is 11.6 Å². The number of carbonyl (C=O) groups excluding carboxylic acids is 2. The molecule has 0 aliphatic carbocycles. The number of rotatable bonds is 2. The number of carbonyl (C=O) groups is 2. The Balaban J connectivity index is 1.81. The topological polar surface area (TPSA) is 49.9 Å².